The summed E-state index contributed by atoms with van der Waals surface area (Å²) in [5, 5.41) is 8.46. The Morgan fingerprint density at radius 3 is 2.89 bits per heavy atom. The molecule has 7 nitrogen and oxygen atoms in total. The van der Waals surface area contributed by atoms with Crippen LogP contribution in [-0.2, 0) is 22.7 Å². The summed E-state index contributed by atoms with van der Waals surface area (Å²) in [6.07, 6.45) is 1.06. The molecular weight excluding hydrogens is 351 g/mol. The number of piperidine rings is 1. The van der Waals surface area contributed by atoms with Crippen molar-refractivity contribution >= 4 is 17.7 Å². The minimum absolute atomic E-state index is 0.200. The predicted octanol–water partition coefficient (Wildman–Crippen LogP) is 0.239. The molecule has 1 aromatic rings. The Labute approximate surface area is 156 Å². The second kappa shape index (κ2) is 7.01. The minimum Gasteiger partial charge on any atom is -0.322 e. The number of hydrogen-bond acceptors (Lipinski definition) is 5. The molecule has 2 fully saturated rings. The first-order valence-electron chi connectivity index (χ1n) is 9.33. The van der Waals surface area contributed by atoms with E-state index in [1.54, 1.807) is 0 Å². The summed E-state index contributed by atoms with van der Waals surface area (Å²) < 4.78 is 14.5. The van der Waals surface area contributed by atoms with E-state index in [-0.39, 0.29) is 24.8 Å². The molecule has 0 saturated carbocycles. The highest BCUT2D eigenvalue weighted by Gasteiger charge is 2.40. The Hall–Kier alpha value is -2.32. The van der Waals surface area contributed by atoms with Gasteiger partial charge in [0, 0.05) is 38.2 Å². The van der Waals surface area contributed by atoms with Crippen LogP contribution in [0.3, 0.4) is 0 Å². The topological polar surface area (TPSA) is 90.5 Å². The second-order valence-corrected chi connectivity index (χ2v) is 7.53. The van der Waals surface area contributed by atoms with Gasteiger partial charge in [-0.2, -0.15) is 0 Å². The Morgan fingerprint density at radius 1 is 1.30 bits per heavy atom. The van der Waals surface area contributed by atoms with Gasteiger partial charge in [-0.1, -0.05) is 18.2 Å². The predicted molar refractivity (Wildman–Crippen MR) is 95.5 cm³/mol. The van der Waals surface area contributed by atoms with Crippen LogP contribution in [0.25, 0.3) is 0 Å². The van der Waals surface area contributed by atoms with Crippen LogP contribution in [-0.4, -0.2) is 54.0 Å². The van der Waals surface area contributed by atoms with Gasteiger partial charge in [0.25, 0.3) is 5.91 Å². The van der Waals surface area contributed by atoms with E-state index in [0.717, 1.165) is 11.1 Å². The number of amides is 3. The molecule has 2 saturated heterocycles. The molecule has 3 aliphatic rings. The quantitative estimate of drug-likeness (QED) is 0.643. The fourth-order valence-corrected chi connectivity index (χ4v) is 4.12. The van der Waals surface area contributed by atoms with E-state index in [1.807, 2.05) is 18.2 Å². The van der Waals surface area contributed by atoms with Gasteiger partial charge < -0.3 is 15.5 Å². The van der Waals surface area contributed by atoms with E-state index in [9.17, 15) is 18.8 Å². The zero-order valence-electron chi connectivity index (χ0n) is 15.0. The Kier molecular flexibility index (Phi) is 4.69. The molecule has 0 bridgehead atoms. The number of halogens is 1. The van der Waals surface area contributed by atoms with Gasteiger partial charge in [0.1, 0.15) is 11.7 Å². The molecule has 3 N–H and O–H groups in total. The lowest BCUT2D eigenvalue weighted by Gasteiger charge is -2.29. The second-order valence-electron chi connectivity index (χ2n) is 7.53. The molecule has 3 heterocycles. The molecule has 4 rings (SSSR count). The Morgan fingerprint density at radius 2 is 2.15 bits per heavy atom. The van der Waals surface area contributed by atoms with Crippen LogP contribution in [0.2, 0.25) is 0 Å². The summed E-state index contributed by atoms with van der Waals surface area (Å²) >= 11 is 0. The van der Waals surface area contributed by atoms with E-state index < -0.39 is 17.6 Å². The fraction of sp³-hybridized carbons (Fsp3) is 0.526. The number of alkyl halides is 1. The maximum Gasteiger partial charge on any atom is 0.255 e. The van der Waals surface area contributed by atoms with E-state index >= 15 is 0 Å². The van der Waals surface area contributed by atoms with Gasteiger partial charge in [-0.05, 0) is 30.5 Å². The zero-order chi connectivity index (χ0) is 19.0. The van der Waals surface area contributed by atoms with Crippen LogP contribution in [0.4, 0.5) is 4.39 Å². The first-order chi connectivity index (χ1) is 13.0. The van der Waals surface area contributed by atoms with Crippen molar-refractivity contribution in [2.24, 2.45) is 0 Å². The lowest BCUT2D eigenvalue weighted by atomic mass is 10.0. The standard InChI is InChI=1S/C19H23FN4O3/c20-19(6-7-21-10-19)11-22-8-12-2-1-3-13-9-24(18(27)16(12)13)14-4-5-15(25)23-17(14)26/h1-3,14,21-22H,4-11H2,(H,23,25,26). The fourth-order valence-electron chi connectivity index (χ4n) is 4.12. The van der Waals surface area contributed by atoms with Gasteiger partial charge in [-0.15, -0.1) is 0 Å². The number of nitrogens with one attached hydrogen (secondary N) is 3. The van der Waals surface area contributed by atoms with Crippen molar-refractivity contribution < 1.29 is 18.8 Å². The summed E-state index contributed by atoms with van der Waals surface area (Å²) in [6.45, 7) is 2.00. The molecule has 2 unspecified atom stereocenters. The third-order valence-corrected chi connectivity index (χ3v) is 5.59. The lowest BCUT2D eigenvalue weighted by Crippen LogP contribution is -2.52. The summed E-state index contributed by atoms with van der Waals surface area (Å²) in [6, 6.07) is 4.98. The molecule has 3 amide bonds. The van der Waals surface area contributed by atoms with Crippen molar-refractivity contribution in [3.05, 3.63) is 34.9 Å². The normalized spacial score (nSPS) is 27.8. The maximum absolute atomic E-state index is 14.5. The molecule has 2 atom stereocenters. The lowest BCUT2D eigenvalue weighted by molar-refractivity contribution is -0.136. The molecule has 0 aliphatic carbocycles. The molecule has 27 heavy (non-hydrogen) atoms. The third kappa shape index (κ3) is 3.46. The van der Waals surface area contributed by atoms with E-state index in [1.165, 1.54) is 4.90 Å². The van der Waals surface area contributed by atoms with Crippen molar-refractivity contribution in [1.82, 2.24) is 20.9 Å². The van der Waals surface area contributed by atoms with Crippen molar-refractivity contribution in [2.45, 2.75) is 44.1 Å². The first-order valence-corrected chi connectivity index (χ1v) is 9.33. The molecular formula is C19H23FN4O3. The first kappa shape index (κ1) is 18.1. The highest BCUT2D eigenvalue weighted by molar-refractivity contribution is 6.05. The van der Waals surface area contributed by atoms with Crippen molar-refractivity contribution in [1.29, 1.82) is 0 Å². The highest BCUT2D eigenvalue weighted by atomic mass is 19.1. The summed E-state index contributed by atoms with van der Waals surface area (Å²) in [7, 11) is 0. The number of carbonyl (C=O) groups is 3. The number of benzene rings is 1. The zero-order valence-corrected chi connectivity index (χ0v) is 15.0. The van der Waals surface area contributed by atoms with E-state index in [2.05, 4.69) is 16.0 Å². The van der Waals surface area contributed by atoms with Gasteiger partial charge in [0.2, 0.25) is 11.8 Å². The van der Waals surface area contributed by atoms with Crippen LogP contribution >= 0.6 is 0 Å². The van der Waals surface area contributed by atoms with Gasteiger partial charge >= 0.3 is 0 Å². The van der Waals surface area contributed by atoms with Crippen LogP contribution in [0.1, 0.15) is 40.7 Å². The number of fused-ring (bicyclic) bond motifs is 1. The number of carbonyl (C=O) groups excluding carboxylic acids is 3. The molecule has 3 aliphatic heterocycles. The summed E-state index contributed by atoms with van der Waals surface area (Å²) in [4.78, 5) is 38.0. The average molecular weight is 374 g/mol. The number of nitrogens with zero attached hydrogens (tertiary/aromatic N) is 1. The molecule has 0 spiro atoms. The Bertz CT molecular complexity index is 791. The summed E-state index contributed by atoms with van der Waals surface area (Å²) in [5.74, 6) is -0.915. The molecule has 144 valence electrons. The van der Waals surface area contributed by atoms with Gasteiger partial charge in [-0.3, -0.25) is 19.7 Å². The summed E-state index contributed by atoms with van der Waals surface area (Å²) in [5.41, 5.74) is 1.01. The van der Waals surface area contributed by atoms with E-state index in [4.69, 9.17) is 0 Å². The number of rotatable bonds is 5. The van der Waals surface area contributed by atoms with Crippen LogP contribution in [0, 0.1) is 0 Å². The van der Waals surface area contributed by atoms with Crippen LogP contribution in [0.5, 0.6) is 0 Å². The van der Waals surface area contributed by atoms with E-state index in [0.29, 0.717) is 44.6 Å². The van der Waals surface area contributed by atoms with Gasteiger partial charge in [0.05, 0.1) is 0 Å². The molecule has 8 heteroatoms. The van der Waals surface area contributed by atoms with Crippen LogP contribution in [0.15, 0.2) is 18.2 Å². The van der Waals surface area contributed by atoms with Crippen molar-refractivity contribution in [2.75, 3.05) is 19.6 Å². The largest absolute Gasteiger partial charge is 0.322 e. The number of hydrogen-bond donors (Lipinski definition) is 3. The highest BCUT2D eigenvalue weighted by Crippen LogP contribution is 2.30. The Balaban J connectivity index is 1.46. The van der Waals surface area contributed by atoms with Gasteiger partial charge in [0.15, 0.2) is 0 Å². The monoisotopic (exact) mass is 374 g/mol. The molecule has 0 radical (unpaired) electrons. The van der Waals surface area contributed by atoms with Crippen LogP contribution < -0.4 is 16.0 Å². The third-order valence-electron chi connectivity index (χ3n) is 5.59. The maximum atomic E-state index is 14.5. The SMILES string of the molecule is O=C1CCC(N2Cc3cccc(CNCC4(F)CCNC4)c3C2=O)C(=O)N1. The minimum atomic E-state index is -1.25. The molecule has 0 aromatic heterocycles. The number of imide groups is 1. The van der Waals surface area contributed by atoms with Crippen molar-refractivity contribution in [3.63, 3.8) is 0 Å². The average Bonchev–Trinajstić information content (AvgIpc) is 3.20. The molecule has 1 aromatic carbocycles. The van der Waals surface area contributed by atoms with Gasteiger partial charge in [-0.25, -0.2) is 4.39 Å². The smallest absolute Gasteiger partial charge is 0.255 e. The van der Waals surface area contributed by atoms with Crippen molar-refractivity contribution in [3.8, 4) is 0 Å².